The van der Waals surface area contributed by atoms with Gasteiger partial charge in [-0.3, -0.25) is 0 Å². The van der Waals surface area contributed by atoms with Crippen LogP contribution in [-0.2, 0) is 6.18 Å². The van der Waals surface area contributed by atoms with Crippen molar-refractivity contribution in [2.75, 3.05) is 18.0 Å². The molecule has 1 heterocycles. The van der Waals surface area contributed by atoms with Crippen molar-refractivity contribution in [2.45, 2.75) is 20.0 Å². The molecule has 112 valence electrons. The van der Waals surface area contributed by atoms with Gasteiger partial charge in [-0.05, 0) is 38.1 Å². The van der Waals surface area contributed by atoms with Crippen molar-refractivity contribution in [3.05, 3.63) is 42.0 Å². The van der Waals surface area contributed by atoms with E-state index in [-0.39, 0.29) is 0 Å². The van der Waals surface area contributed by atoms with Crippen LogP contribution in [0.25, 0.3) is 11.3 Å². The number of hydrogen-bond donors (Lipinski definition) is 0. The zero-order valence-electron chi connectivity index (χ0n) is 11.9. The van der Waals surface area contributed by atoms with E-state index < -0.39 is 11.7 Å². The molecule has 2 rings (SSSR count). The molecule has 0 N–H and O–H groups in total. The summed E-state index contributed by atoms with van der Waals surface area (Å²) >= 11 is 0. The monoisotopic (exact) mass is 295 g/mol. The number of anilines is 1. The van der Waals surface area contributed by atoms with Crippen LogP contribution in [0.3, 0.4) is 0 Å². The first-order valence-corrected chi connectivity index (χ1v) is 6.72. The van der Waals surface area contributed by atoms with Gasteiger partial charge in [-0.2, -0.15) is 13.2 Å². The van der Waals surface area contributed by atoms with Crippen molar-refractivity contribution < 1.29 is 13.2 Å². The van der Waals surface area contributed by atoms with Crippen LogP contribution in [0.2, 0.25) is 0 Å². The van der Waals surface area contributed by atoms with E-state index in [1.807, 2.05) is 18.7 Å². The molecular formula is C15H16F3N3. The molecule has 0 aliphatic rings. The fraction of sp³-hybridized carbons (Fsp3) is 0.333. The van der Waals surface area contributed by atoms with E-state index >= 15 is 0 Å². The summed E-state index contributed by atoms with van der Waals surface area (Å²) in [5, 5.41) is 8.11. The van der Waals surface area contributed by atoms with Crippen LogP contribution in [-0.4, -0.2) is 23.3 Å². The van der Waals surface area contributed by atoms with E-state index in [1.54, 1.807) is 18.2 Å². The molecule has 2 aromatic rings. The number of hydrogen-bond acceptors (Lipinski definition) is 3. The maximum absolute atomic E-state index is 12.7. The third kappa shape index (κ3) is 3.51. The minimum atomic E-state index is -4.36. The van der Waals surface area contributed by atoms with Gasteiger partial charge in [-0.25, -0.2) is 0 Å². The van der Waals surface area contributed by atoms with Gasteiger partial charge in [0.05, 0.1) is 11.3 Å². The molecular weight excluding hydrogens is 279 g/mol. The zero-order chi connectivity index (χ0) is 15.5. The number of benzene rings is 1. The molecule has 0 bridgehead atoms. The average Bonchev–Trinajstić information content (AvgIpc) is 2.48. The smallest absolute Gasteiger partial charge is 0.356 e. The van der Waals surface area contributed by atoms with Crippen LogP contribution in [0.4, 0.5) is 19.0 Å². The van der Waals surface area contributed by atoms with Gasteiger partial charge in [0.2, 0.25) is 0 Å². The number of alkyl halides is 3. The van der Waals surface area contributed by atoms with Crippen LogP contribution in [0, 0.1) is 0 Å². The number of aromatic nitrogens is 2. The summed E-state index contributed by atoms with van der Waals surface area (Å²) in [6.07, 6.45) is -4.36. The lowest BCUT2D eigenvalue weighted by molar-refractivity contribution is -0.137. The predicted molar refractivity (Wildman–Crippen MR) is 76.0 cm³/mol. The van der Waals surface area contributed by atoms with Gasteiger partial charge in [0, 0.05) is 18.7 Å². The molecule has 0 amide bonds. The summed E-state index contributed by atoms with van der Waals surface area (Å²) in [5.41, 5.74) is 0.148. The molecule has 1 aromatic heterocycles. The van der Waals surface area contributed by atoms with E-state index in [9.17, 15) is 13.2 Å². The lowest BCUT2D eigenvalue weighted by Crippen LogP contribution is -2.23. The fourth-order valence-electron chi connectivity index (χ4n) is 2.05. The maximum Gasteiger partial charge on any atom is 0.416 e. The highest BCUT2D eigenvalue weighted by Gasteiger charge is 2.30. The zero-order valence-corrected chi connectivity index (χ0v) is 11.9. The van der Waals surface area contributed by atoms with Gasteiger partial charge in [-0.15, -0.1) is 10.2 Å². The van der Waals surface area contributed by atoms with Gasteiger partial charge in [0.15, 0.2) is 5.82 Å². The molecule has 0 saturated heterocycles. The first-order valence-electron chi connectivity index (χ1n) is 6.72. The van der Waals surface area contributed by atoms with Gasteiger partial charge < -0.3 is 4.90 Å². The lowest BCUT2D eigenvalue weighted by Gasteiger charge is -2.18. The molecule has 0 aliphatic heterocycles. The quantitative estimate of drug-likeness (QED) is 0.853. The first-order chi connectivity index (χ1) is 9.95. The summed E-state index contributed by atoms with van der Waals surface area (Å²) in [5.74, 6) is 0.718. The van der Waals surface area contributed by atoms with Crippen molar-refractivity contribution in [2.24, 2.45) is 0 Å². The molecule has 0 spiro atoms. The standard InChI is InChI=1S/C15H16F3N3/c1-3-21(4-2)14-9-8-13(19-20-14)11-6-5-7-12(10-11)15(16,17)18/h5-10H,3-4H2,1-2H3. The average molecular weight is 295 g/mol. The third-order valence-corrected chi connectivity index (χ3v) is 3.22. The molecule has 0 saturated carbocycles. The highest BCUT2D eigenvalue weighted by atomic mass is 19.4. The molecule has 1 aromatic carbocycles. The predicted octanol–water partition coefficient (Wildman–Crippen LogP) is 4.01. The Labute approximate surface area is 121 Å². The van der Waals surface area contributed by atoms with Crippen LogP contribution >= 0.6 is 0 Å². The second kappa shape index (κ2) is 6.11. The van der Waals surface area contributed by atoms with Crippen LogP contribution < -0.4 is 4.90 Å². The van der Waals surface area contributed by atoms with E-state index in [0.29, 0.717) is 11.3 Å². The van der Waals surface area contributed by atoms with E-state index in [1.165, 1.54) is 6.07 Å². The Bertz CT molecular complexity index is 590. The molecule has 0 unspecified atom stereocenters. The SMILES string of the molecule is CCN(CC)c1ccc(-c2cccc(C(F)(F)F)c2)nn1. The van der Waals surface area contributed by atoms with Gasteiger partial charge in [0.1, 0.15) is 0 Å². The van der Waals surface area contributed by atoms with E-state index in [4.69, 9.17) is 0 Å². The lowest BCUT2D eigenvalue weighted by atomic mass is 10.1. The Hall–Kier alpha value is -2.11. The van der Waals surface area contributed by atoms with Crippen molar-refractivity contribution in [3.63, 3.8) is 0 Å². The Balaban J connectivity index is 2.31. The van der Waals surface area contributed by atoms with Crippen molar-refractivity contribution in [1.82, 2.24) is 10.2 Å². The van der Waals surface area contributed by atoms with Gasteiger partial charge >= 0.3 is 6.18 Å². The number of nitrogens with zero attached hydrogens (tertiary/aromatic N) is 3. The highest BCUT2D eigenvalue weighted by Crippen LogP contribution is 2.31. The Morgan fingerprint density at radius 1 is 1.00 bits per heavy atom. The maximum atomic E-state index is 12.7. The summed E-state index contributed by atoms with van der Waals surface area (Å²) in [6.45, 7) is 5.61. The fourth-order valence-corrected chi connectivity index (χ4v) is 2.05. The molecule has 0 atom stereocenters. The minimum Gasteiger partial charge on any atom is -0.356 e. The Kier molecular flexibility index (Phi) is 4.45. The van der Waals surface area contributed by atoms with Gasteiger partial charge in [-0.1, -0.05) is 12.1 Å². The number of halogens is 3. The van der Waals surface area contributed by atoms with Crippen molar-refractivity contribution in [1.29, 1.82) is 0 Å². The summed E-state index contributed by atoms with van der Waals surface area (Å²) in [4.78, 5) is 2.02. The molecule has 21 heavy (non-hydrogen) atoms. The highest BCUT2D eigenvalue weighted by molar-refractivity contribution is 5.60. The molecule has 0 radical (unpaired) electrons. The normalized spacial score (nSPS) is 11.5. The molecule has 6 heteroatoms. The number of rotatable bonds is 4. The Morgan fingerprint density at radius 3 is 2.24 bits per heavy atom. The van der Waals surface area contributed by atoms with Crippen LogP contribution in [0.5, 0.6) is 0 Å². The largest absolute Gasteiger partial charge is 0.416 e. The topological polar surface area (TPSA) is 29.0 Å². The molecule has 0 fully saturated rings. The second-order valence-electron chi connectivity index (χ2n) is 4.53. The molecule has 3 nitrogen and oxygen atoms in total. The van der Waals surface area contributed by atoms with Crippen LogP contribution in [0.1, 0.15) is 19.4 Å². The van der Waals surface area contributed by atoms with E-state index in [2.05, 4.69) is 10.2 Å². The van der Waals surface area contributed by atoms with Gasteiger partial charge in [0.25, 0.3) is 0 Å². The third-order valence-electron chi connectivity index (χ3n) is 3.22. The second-order valence-corrected chi connectivity index (χ2v) is 4.53. The first kappa shape index (κ1) is 15.3. The van der Waals surface area contributed by atoms with E-state index in [0.717, 1.165) is 31.0 Å². The van der Waals surface area contributed by atoms with Crippen molar-refractivity contribution >= 4 is 5.82 Å². The molecule has 0 aliphatic carbocycles. The Morgan fingerprint density at radius 2 is 1.71 bits per heavy atom. The summed E-state index contributed by atoms with van der Waals surface area (Å²) < 4.78 is 38.1. The van der Waals surface area contributed by atoms with Crippen molar-refractivity contribution in [3.8, 4) is 11.3 Å². The van der Waals surface area contributed by atoms with Crippen LogP contribution in [0.15, 0.2) is 36.4 Å². The summed E-state index contributed by atoms with van der Waals surface area (Å²) in [6, 6.07) is 8.56. The summed E-state index contributed by atoms with van der Waals surface area (Å²) in [7, 11) is 0. The minimum absolute atomic E-state index is 0.406.